The van der Waals surface area contributed by atoms with Crippen LogP contribution in [0.5, 0.6) is 5.75 Å². The Morgan fingerprint density at radius 3 is 2.44 bits per heavy atom. The number of phenols is 1. The van der Waals surface area contributed by atoms with Gasteiger partial charge in [0.25, 0.3) is 0 Å². The molecular weight excluding hydrogens is 407 g/mol. The molecule has 0 saturated heterocycles. The second kappa shape index (κ2) is 10.3. The first kappa shape index (κ1) is 23.3. The van der Waals surface area contributed by atoms with E-state index in [1.54, 1.807) is 25.1 Å². The molecule has 0 aliphatic heterocycles. The molecule has 0 amide bonds. The summed E-state index contributed by atoms with van der Waals surface area (Å²) < 4.78 is 19.4. The zero-order chi connectivity index (χ0) is 23.3. The maximum absolute atomic E-state index is 14.7. The molecule has 2 N–H and O–H groups in total. The van der Waals surface area contributed by atoms with E-state index in [1.807, 2.05) is 50.5 Å². The minimum absolute atomic E-state index is 0.250. The van der Waals surface area contributed by atoms with Crippen LogP contribution in [0.25, 0.3) is 11.1 Å². The van der Waals surface area contributed by atoms with Crippen molar-refractivity contribution in [2.24, 2.45) is 0 Å². The minimum atomic E-state index is -0.525. The number of carbonyl (C=O) groups is 1. The number of aromatic hydroxyl groups is 1. The highest BCUT2D eigenvalue weighted by Crippen LogP contribution is 2.28. The van der Waals surface area contributed by atoms with E-state index in [4.69, 9.17) is 4.74 Å². The highest BCUT2D eigenvalue weighted by Gasteiger charge is 2.17. The van der Waals surface area contributed by atoms with Gasteiger partial charge in [0.2, 0.25) is 0 Å². The Hall–Kier alpha value is -3.38. The summed E-state index contributed by atoms with van der Waals surface area (Å²) >= 11 is 0. The molecule has 0 radical (unpaired) electrons. The van der Waals surface area contributed by atoms with Crippen molar-refractivity contribution in [3.63, 3.8) is 0 Å². The number of ether oxygens (including phenoxy) is 1. The van der Waals surface area contributed by atoms with Crippen molar-refractivity contribution >= 4 is 11.7 Å². The van der Waals surface area contributed by atoms with Gasteiger partial charge in [-0.15, -0.1) is 0 Å². The molecule has 3 rings (SSSR count). The number of hydrogen-bond donors (Lipinski definition) is 2. The van der Waals surface area contributed by atoms with Crippen molar-refractivity contribution in [2.75, 3.05) is 26.5 Å². The number of rotatable bonds is 8. The molecule has 168 valence electrons. The molecule has 6 heteroatoms. The predicted octanol–water partition coefficient (Wildman–Crippen LogP) is 5.15. The summed E-state index contributed by atoms with van der Waals surface area (Å²) in [7, 11) is 5.33. The summed E-state index contributed by atoms with van der Waals surface area (Å²) in [5.41, 5.74) is 4.58. The second-order valence-corrected chi connectivity index (χ2v) is 8.12. The fourth-order valence-corrected chi connectivity index (χ4v) is 3.56. The van der Waals surface area contributed by atoms with Gasteiger partial charge in [0.1, 0.15) is 11.6 Å². The Kier molecular flexibility index (Phi) is 7.49. The Morgan fingerprint density at radius 2 is 1.81 bits per heavy atom. The van der Waals surface area contributed by atoms with Crippen molar-refractivity contribution in [1.29, 1.82) is 0 Å². The number of anilines is 1. The van der Waals surface area contributed by atoms with Crippen molar-refractivity contribution < 1.29 is 19.0 Å². The van der Waals surface area contributed by atoms with Crippen LogP contribution in [-0.2, 0) is 22.6 Å². The van der Waals surface area contributed by atoms with Crippen LogP contribution in [0.1, 0.15) is 29.5 Å². The van der Waals surface area contributed by atoms with E-state index in [2.05, 4.69) is 10.2 Å². The second-order valence-electron chi connectivity index (χ2n) is 8.12. The van der Waals surface area contributed by atoms with E-state index in [0.29, 0.717) is 17.7 Å². The van der Waals surface area contributed by atoms with Crippen molar-refractivity contribution in [1.82, 2.24) is 4.90 Å². The highest BCUT2D eigenvalue weighted by molar-refractivity contribution is 5.78. The number of hydrogen-bond acceptors (Lipinski definition) is 5. The third-order valence-electron chi connectivity index (χ3n) is 5.37. The molecule has 3 aromatic rings. The topological polar surface area (TPSA) is 61.8 Å². The van der Waals surface area contributed by atoms with Gasteiger partial charge in [-0.25, -0.2) is 4.39 Å². The predicted molar refractivity (Wildman–Crippen MR) is 125 cm³/mol. The molecule has 0 bridgehead atoms. The lowest BCUT2D eigenvalue weighted by Crippen LogP contribution is -2.11. The number of benzene rings is 3. The monoisotopic (exact) mass is 436 g/mol. The van der Waals surface area contributed by atoms with Crippen molar-refractivity contribution in [3.8, 4) is 16.9 Å². The summed E-state index contributed by atoms with van der Waals surface area (Å²) in [5.74, 6) is -1.06. The van der Waals surface area contributed by atoms with Crippen LogP contribution in [0.3, 0.4) is 0 Å². The van der Waals surface area contributed by atoms with Gasteiger partial charge in [-0.05, 0) is 68.0 Å². The number of methoxy groups -OCH3 is 1. The Labute approximate surface area is 188 Å². The van der Waals surface area contributed by atoms with E-state index in [1.165, 1.54) is 13.2 Å². The van der Waals surface area contributed by atoms with Gasteiger partial charge in [-0.1, -0.05) is 30.3 Å². The molecule has 0 fully saturated rings. The average Bonchev–Trinajstić information content (AvgIpc) is 2.78. The summed E-state index contributed by atoms with van der Waals surface area (Å²) in [6.45, 7) is 2.96. The van der Waals surface area contributed by atoms with Gasteiger partial charge < -0.3 is 20.1 Å². The zero-order valence-corrected chi connectivity index (χ0v) is 18.9. The van der Waals surface area contributed by atoms with E-state index >= 15 is 0 Å². The standard InChI is InChI=1S/C26H29FN2O3/c1-17(26(31)32-4)20-8-11-23(24(27)14-20)19-6-9-22(10-7-19)28-15-21-13-18(16-29(2)3)5-12-25(21)30/h5-14,17,28,30H,15-16H2,1-4H3. The minimum Gasteiger partial charge on any atom is -0.508 e. The van der Waals surface area contributed by atoms with Gasteiger partial charge in [-0.2, -0.15) is 0 Å². The van der Waals surface area contributed by atoms with Crippen LogP contribution in [0, 0.1) is 5.82 Å². The van der Waals surface area contributed by atoms with E-state index in [-0.39, 0.29) is 11.6 Å². The summed E-state index contributed by atoms with van der Waals surface area (Å²) in [4.78, 5) is 13.8. The number of esters is 1. The molecular formula is C26H29FN2O3. The van der Waals surface area contributed by atoms with Crippen LogP contribution in [0.4, 0.5) is 10.1 Å². The highest BCUT2D eigenvalue weighted by atomic mass is 19.1. The maximum Gasteiger partial charge on any atom is 0.312 e. The quantitative estimate of drug-likeness (QED) is 0.478. The third-order valence-corrected chi connectivity index (χ3v) is 5.37. The maximum atomic E-state index is 14.7. The first-order valence-corrected chi connectivity index (χ1v) is 10.5. The van der Waals surface area contributed by atoms with E-state index in [9.17, 15) is 14.3 Å². The first-order valence-electron chi connectivity index (χ1n) is 10.5. The lowest BCUT2D eigenvalue weighted by Gasteiger charge is -2.14. The van der Waals surface area contributed by atoms with Crippen molar-refractivity contribution in [2.45, 2.75) is 25.9 Å². The summed E-state index contributed by atoms with van der Waals surface area (Å²) in [5, 5.41) is 13.5. The number of nitrogens with zero attached hydrogens (tertiary/aromatic N) is 1. The third kappa shape index (κ3) is 5.65. The van der Waals surface area contributed by atoms with Crippen LogP contribution in [0.15, 0.2) is 60.7 Å². The Bertz CT molecular complexity index is 1080. The molecule has 0 heterocycles. The van der Waals surface area contributed by atoms with E-state index in [0.717, 1.165) is 28.9 Å². The fraction of sp³-hybridized carbons (Fsp3) is 0.269. The number of nitrogens with one attached hydrogen (secondary N) is 1. The molecule has 1 unspecified atom stereocenters. The number of phenolic OH excluding ortho intramolecular Hbond substituents is 1. The fourth-order valence-electron chi connectivity index (χ4n) is 3.56. The normalized spacial score (nSPS) is 11.9. The zero-order valence-electron chi connectivity index (χ0n) is 18.9. The van der Waals surface area contributed by atoms with Gasteiger partial charge in [-0.3, -0.25) is 4.79 Å². The first-order chi connectivity index (χ1) is 15.3. The number of carbonyl (C=O) groups excluding carboxylic acids is 1. The van der Waals surface area contributed by atoms with Crippen molar-refractivity contribution in [3.05, 3.63) is 83.2 Å². The largest absolute Gasteiger partial charge is 0.508 e. The molecule has 3 aromatic carbocycles. The van der Waals surface area contributed by atoms with Crippen LogP contribution in [0.2, 0.25) is 0 Å². The molecule has 1 atom stereocenters. The van der Waals surface area contributed by atoms with Crippen LogP contribution >= 0.6 is 0 Å². The van der Waals surface area contributed by atoms with Gasteiger partial charge in [0.05, 0.1) is 13.0 Å². The summed E-state index contributed by atoms with van der Waals surface area (Å²) in [6.07, 6.45) is 0. The van der Waals surface area contributed by atoms with Gasteiger partial charge in [0.15, 0.2) is 0 Å². The van der Waals surface area contributed by atoms with Gasteiger partial charge in [0, 0.05) is 29.9 Å². The lowest BCUT2D eigenvalue weighted by atomic mass is 9.97. The smallest absolute Gasteiger partial charge is 0.312 e. The summed E-state index contributed by atoms with van der Waals surface area (Å²) in [6, 6.07) is 17.9. The molecule has 0 aliphatic carbocycles. The lowest BCUT2D eigenvalue weighted by molar-refractivity contribution is -0.141. The Morgan fingerprint density at radius 1 is 1.09 bits per heavy atom. The average molecular weight is 437 g/mol. The van der Waals surface area contributed by atoms with Crippen LogP contribution in [-0.4, -0.2) is 37.2 Å². The van der Waals surface area contributed by atoms with Crippen LogP contribution < -0.4 is 5.32 Å². The molecule has 0 aromatic heterocycles. The molecule has 0 aliphatic rings. The van der Waals surface area contributed by atoms with Gasteiger partial charge >= 0.3 is 5.97 Å². The molecule has 0 saturated carbocycles. The molecule has 32 heavy (non-hydrogen) atoms. The van der Waals surface area contributed by atoms with E-state index < -0.39 is 11.9 Å². The number of halogens is 1. The SMILES string of the molecule is COC(=O)C(C)c1ccc(-c2ccc(NCc3cc(CN(C)C)ccc3O)cc2)c(F)c1. The molecule has 0 spiro atoms. The Balaban J connectivity index is 1.70. The molecule has 5 nitrogen and oxygen atoms in total.